The molecule has 0 atom stereocenters. The Morgan fingerprint density at radius 3 is 2.36 bits per heavy atom. The second-order valence-electron chi connectivity index (χ2n) is 9.99. The molecular weight excluding hydrogens is 482 g/mol. The van der Waals surface area contributed by atoms with Crippen molar-refractivity contribution in [1.29, 1.82) is 0 Å². The van der Waals surface area contributed by atoms with Gasteiger partial charge < -0.3 is 10.2 Å². The fourth-order valence-electron chi connectivity index (χ4n) is 4.88. The normalized spacial score (nSPS) is 13.2. The molecule has 2 amide bonds. The van der Waals surface area contributed by atoms with Crippen LogP contribution in [-0.4, -0.2) is 34.5 Å². The van der Waals surface area contributed by atoms with Crippen LogP contribution in [0.3, 0.4) is 0 Å². The molecule has 0 bridgehead atoms. The van der Waals surface area contributed by atoms with Gasteiger partial charge >= 0.3 is 6.03 Å². The minimum absolute atomic E-state index is 0.0587. The minimum Gasteiger partial charge on any atom is -0.317 e. The van der Waals surface area contributed by atoms with Gasteiger partial charge in [-0.15, -0.1) is 23.5 Å². The van der Waals surface area contributed by atoms with E-state index in [2.05, 4.69) is 72.7 Å². The van der Waals surface area contributed by atoms with E-state index in [1.807, 2.05) is 30.4 Å². The van der Waals surface area contributed by atoms with Gasteiger partial charge in [0.25, 0.3) is 0 Å². The van der Waals surface area contributed by atoms with Crippen molar-refractivity contribution in [3.63, 3.8) is 0 Å². The maximum atomic E-state index is 13.9. The standard InChI is InChI=1S/C30H37N3OS2/c1-20(2)13-14-22-9-8-10-23(16-22)19-33(26-17-24-11-6-7-12-25(24)18-26)30(34)32-28-27(35-4)15-21(3)31-29(28)36-5/h6-12,15-16,20,26H,13-14,17-19H2,1-5H3,(H,32,34). The Morgan fingerprint density at radius 2 is 1.72 bits per heavy atom. The second kappa shape index (κ2) is 12.2. The van der Waals surface area contributed by atoms with Gasteiger partial charge in [0.05, 0.1) is 5.69 Å². The predicted molar refractivity (Wildman–Crippen MR) is 154 cm³/mol. The number of carbonyl (C=O) groups is 1. The first-order valence-electron chi connectivity index (χ1n) is 12.7. The number of rotatable bonds is 9. The number of nitrogens with one attached hydrogen (secondary N) is 1. The monoisotopic (exact) mass is 519 g/mol. The van der Waals surface area contributed by atoms with E-state index in [0.717, 1.165) is 40.6 Å². The van der Waals surface area contributed by atoms with E-state index < -0.39 is 0 Å². The summed E-state index contributed by atoms with van der Waals surface area (Å²) in [6.45, 7) is 7.11. The lowest BCUT2D eigenvalue weighted by atomic mass is 10.0. The molecule has 0 spiro atoms. The average molecular weight is 520 g/mol. The summed E-state index contributed by atoms with van der Waals surface area (Å²) >= 11 is 3.21. The maximum absolute atomic E-state index is 13.9. The van der Waals surface area contributed by atoms with Crippen molar-refractivity contribution < 1.29 is 4.79 Å². The number of anilines is 1. The van der Waals surface area contributed by atoms with E-state index >= 15 is 0 Å². The molecule has 1 aromatic heterocycles. The predicted octanol–water partition coefficient (Wildman–Crippen LogP) is 7.62. The molecule has 2 aromatic carbocycles. The average Bonchev–Trinajstić information content (AvgIpc) is 3.30. The van der Waals surface area contributed by atoms with Gasteiger partial charge in [-0.25, -0.2) is 9.78 Å². The molecule has 0 saturated heterocycles. The first-order valence-corrected chi connectivity index (χ1v) is 15.1. The Morgan fingerprint density at radius 1 is 1.03 bits per heavy atom. The van der Waals surface area contributed by atoms with Crippen LogP contribution >= 0.6 is 23.5 Å². The molecule has 4 rings (SSSR count). The molecule has 0 aliphatic heterocycles. The quantitative estimate of drug-likeness (QED) is 0.295. The van der Waals surface area contributed by atoms with E-state index in [4.69, 9.17) is 0 Å². The van der Waals surface area contributed by atoms with Crippen molar-refractivity contribution in [3.05, 3.63) is 82.5 Å². The van der Waals surface area contributed by atoms with Crippen molar-refractivity contribution in [2.75, 3.05) is 17.8 Å². The third-order valence-corrected chi connectivity index (χ3v) is 8.25. The van der Waals surface area contributed by atoms with Crippen LogP contribution in [0.5, 0.6) is 0 Å². The van der Waals surface area contributed by atoms with Crippen molar-refractivity contribution in [2.45, 2.75) is 69.0 Å². The summed E-state index contributed by atoms with van der Waals surface area (Å²) < 4.78 is 0. The third-order valence-electron chi connectivity index (χ3n) is 6.81. The number of carbonyl (C=O) groups excluding carboxylic acids is 1. The number of amides is 2. The molecule has 3 aromatic rings. The van der Waals surface area contributed by atoms with Gasteiger partial charge in [-0.1, -0.05) is 62.4 Å². The van der Waals surface area contributed by atoms with E-state index in [1.165, 1.54) is 28.7 Å². The molecule has 36 heavy (non-hydrogen) atoms. The maximum Gasteiger partial charge on any atom is 0.322 e. The van der Waals surface area contributed by atoms with Gasteiger partial charge in [0.2, 0.25) is 0 Å². The fraction of sp³-hybridized carbons (Fsp3) is 0.400. The van der Waals surface area contributed by atoms with Crippen molar-refractivity contribution >= 4 is 35.2 Å². The van der Waals surface area contributed by atoms with Crippen LogP contribution in [0, 0.1) is 12.8 Å². The topological polar surface area (TPSA) is 45.2 Å². The molecule has 0 unspecified atom stereocenters. The van der Waals surface area contributed by atoms with Crippen LogP contribution in [0.2, 0.25) is 0 Å². The first kappa shape index (κ1) is 26.6. The smallest absolute Gasteiger partial charge is 0.317 e. The molecular formula is C30H37N3OS2. The van der Waals surface area contributed by atoms with E-state index in [0.29, 0.717) is 12.5 Å². The zero-order chi connectivity index (χ0) is 25.7. The Bertz CT molecular complexity index is 1160. The first-order chi connectivity index (χ1) is 17.4. The lowest BCUT2D eigenvalue weighted by Crippen LogP contribution is -2.43. The highest BCUT2D eigenvalue weighted by Crippen LogP contribution is 2.35. The number of thioether (sulfide) groups is 2. The molecule has 190 valence electrons. The molecule has 4 nitrogen and oxygen atoms in total. The van der Waals surface area contributed by atoms with Crippen molar-refractivity contribution in [3.8, 4) is 0 Å². The lowest BCUT2D eigenvalue weighted by Gasteiger charge is -2.30. The van der Waals surface area contributed by atoms with E-state index in [-0.39, 0.29) is 12.1 Å². The highest BCUT2D eigenvalue weighted by Gasteiger charge is 2.31. The molecule has 1 heterocycles. The van der Waals surface area contributed by atoms with Gasteiger partial charge in [-0.3, -0.25) is 0 Å². The highest BCUT2D eigenvalue weighted by atomic mass is 32.2. The van der Waals surface area contributed by atoms with Gasteiger partial charge in [-0.2, -0.15) is 0 Å². The third kappa shape index (κ3) is 6.46. The Balaban J connectivity index is 1.62. The summed E-state index contributed by atoms with van der Waals surface area (Å²) in [4.78, 5) is 21.7. The molecule has 0 radical (unpaired) electrons. The Hall–Kier alpha value is -2.44. The summed E-state index contributed by atoms with van der Waals surface area (Å²) in [5.41, 5.74) is 6.99. The second-order valence-corrected chi connectivity index (χ2v) is 11.6. The van der Waals surface area contributed by atoms with Gasteiger partial charge in [0.1, 0.15) is 5.03 Å². The van der Waals surface area contributed by atoms with Crippen LogP contribution in [0.1, 0.15) is 48.2 Å². The molecule has 0 saturated carbocycles. The molecule has 6 heteroatoms. The minimum atomic E-state index is -0.0587. The van der Waals surface area contributed by atoms with Crippen molar-refractivity contribution in [1.82, 2.24) is 9.88 Å². The van der Waals surface area contributed by atoms with Crippen LogP contribution in [0.15, 0.2) is 64.5 Å². The fourth-order valence-corrected chi connectivity index (χ4v) is 6.18. The zero-order valence-corrected chi connectivity index (χ0v) is 23.6. The number of pyridine rings is 1. The number of hydrogen-bond acceptors (Lipinski definition) is 4. The SMILES string of the molecule is CSc1cc(C)nc(SC)c1NC(=O)N(Cc1cccc(CCC(C)C)c1)C1Cc2ccccc2C1. The molecule has 1 aliphatic carbocycles. The number of benzene rings is 2. The van der Waals surface area contributed by atoms with Gasteiger partial charge in [-0.05, 0) is 79.4 Å². The Kier molecular flexibility index (Phi) is 9.02. The summed E-state index contributed by atoms with van der Waals surface area (Å²) in [7, 11) is 0. The highest BCUT2D eigenvalue weighted by molar-refractivity contribution is 7.99. The number of nitrogens with zero attached hydrogens (tertiary/aromatic N) is 2. The summed E-state index contributed by atoms with van der Waals surface area (Å²) in [6.07, 6.45) is 8.05. The zero-order valence-electron chi connectivity index (χ0n) is 22.0. The summed E-state index contributed by atoms with van der Waals surface area (Å²) in [6, 6.07) is 19.4. The molecule has 0 fully saturated rings. The van der Waals surface area contributed by atoms with Gasteiger partial charge in [0, 0.05) is 23.2 Å². The lowest BCUT2D eigenvalue weighted by molar-refractivity contribution is 0.185. The van der Waals surface area contributed by atoms with Gasteiger partial charge in [0.15, 0.2) is 0 Å². The van der Waals surface area contributed by atoms with Crippen LogP contribution < -0.4 is 5.32 Å². The largest absolute Gasteiger partial charge is 0.322 e. The number of fused-ring (bicyclic) bond motifs is 1. The van der Waals surface area contributed by atoms with Crippen LogP contribution in [0.4, 0.5) is 10.5 Å². The Labute approximate surface area is 224 Å². The van der Waals surface area contributed by atoms with E-state index in [9.17, 15) is 4.79 Å². The number of aromatic nitrogens is 1. The summed E-state index contributed by atoms with van der Waals surface area (Å²) in [5.74, 6) is 0.673. The van der Waals surface area contributed by atoms with Crippen molar-refractivity contribution in [2.24, 2.45) is 5.92 Å². The van der Waals surface area contributed by atoms with E-state index in [1.54, 1.807) is 23.5 Å². The van der Waals surface area contributed by atoms with Crippen LogP contribution in [0.25, 0.3) is 0 Å². The summed E-state index contributed by atoms with van der Waals surface area (Å²) in [5, 5.41) is 4.13. The molecule has 1 aliphatic rings. The number of aryl methyl sites for hydroxylation is 2. The van der Waals surface area contributed by atoms with Crippen LogP contribution in [-0.2, 0) is 25.8 Å². The number of hydrogen-bond donors (Lipinski definition) is 1. The molecule has 1 N–H and O–H groups in total. The number of urea groups is 1.